The van der Waals surface area contributed by atoms with Gasteiger partial charge >= 0.3 is 0 Å². The Hall–Kier alpha value is -0.220. The van der Waals surface area contributed by atoms with Crippen LogP contribution in [0.5, 0.6) is 0 Å². The third-order valence-corrected chi connectivity index (χ3v) is 2.30. The number of aliphatic hydroxyl groups excluding tert-OH is 1. The summed E-state index contributed by atoms with van der Waals surface area (Å²) in [6.45, 7) is 3.00. The average Bonchev–Trinajstić information content (AvgIpc) is 2.09. The van der Waals surface area contributed by atoms with Gasteiger partial charge in [-0.1, -0.05) is 6.92 Å². The molecule has 1 amide bonds. The summed E-state index contributed by atoms with van der Waals surface area (Å²) < 4.78 is 0. The molecule has 0 spiro atoms. The van der Waals surface area contributed by atoms with Gasteiger partial charge in [-0.05, 0) is 18.6 Å². The van der Waals surface area contributed by atoms with Crippen LogP contribution in [0.3, 0.4) is 0 Å². The Kier molecular flexibility index (Phi) is 8.71. The number of hydrogen-bond donors (Lipinski definition) is 2. The first-order chi connectivity index (χ1) is 5.81. The van der Waals surface area contributed by atoms with Crippen LogP contribution in [0.25, 0.3) is 0 Å². The van der Waals surface area contributed by atoms with Gasteiger partial charge in [-0.2, -0.15) is 11.8 Å². The highest BCUT2D eigenvalue weighted by Gasteiger charge is 1.98. The zero-order valence-corrected chi connectivity index (χ0v) is 8.32. The largest absolute Gasteiger partial charge is 0.396 e. The highest BCUT2D eigenvalue weighted by Crippen LogP contribution is 2.00. The summed E-state index contributed by atoms with van der Waals surface area (Å²) in [5, 5.41) is 11.2. The molecule has 0 aliphatic heterocycles. The van der Waals surface area contributed by atoms with Crippen LogP contribution in [0.1, 0.15) is 19.8 Å². The van der Waals surface area contributed by atoms with Gasteiger partial charge in [-0.25, -0.2) is 0 Å². The van der Waals surface area contributed by atoms with E-state index in [1.54, 1.807) is 11.8 Å². The highest BCUT2D eigenvalue weighted by molar-refractivity contribution is 7.99. The van der Waals surface area contributed by atoms with Crippen molar-refractivity contribution in [1.82, 2.24) is 5.32 Å². The van der Waals surface area contributed by atoms with Crippen LogP contribution < -0.4 is 5.32 Å². The zero-order valence-electron chi connectivity index (χ0n) is 7.51. The maximum Gasteiger partial charge on any atom is 0.229 e. The number of amides is 1. The van der Waals surface area contributed by atoms with Crippen molar-refractivity contribution >= 4 is 17.7 Å². The predicted octanol–water partition coefficient (Wildman–Crippen LogP) is 0.628. The van der Waals surface area contributed by atoms with Crippen LogP contribution in [-0.4, -0.2) is 35.7 Å². The molecule has 0 aromatic rings. The highest BCUT2D eigenvalue weighted by atomic mass is 32.2. The molecular formula is C8H17NO2S. The van der Waals surface area contributed by atoms with Gasteiger partial charge in [-0.3, -0.25) is 4.79 Å². The van der Waals surface area contributed by atoms with Gasteiger partial charge < -0.3 is 10.4 Å². The number of nitrogens with one attached hydrogen (secondary N) is 1. The van der Waals surface area contributed by atoms with E-state index < -0.39 is 0 Å². The van der Waals surface area contributed by atoms with E-state index in [0.717, 1.165) is 25.1 Å². The summed E-state index contributed by atoms with van der Waals surface area (Å²) in [6, 6.07) is 0. The molecule has 2 N–H and O–H groups in total. The Morgan fingerprint density at radius 2 is 2.33 bits per heavy atom. The first-order valence-corrected chi connectivity index (χ1v) is 5.42. The summed E-state index contributed by atoms with van der Waals surface area (Å²) in [4.78, 5) is 11.0. The Morgan fingerprint density at radius 1 is 1.58 bits per heavy atom. The van der Waals surface area contributed by atoms with Crippen LogP contribution in [0.15, 0.2) is 0 Å². The first-order valence-electron chi connectivity index (χ1n) is 4.26. The van der Waals surface area contributed by atoms with Gasteiger partial charge in [0.05, 0.1) is 5.75 Å². The number of thioether (sulfide) groups is 1. The summed E-state index contributed by atoms with van der Waals surface area (Å²) in [7, 11) is 0. The summed E-state index contributed by atoms with van der Waals surface area (Å²) in [6.07, 6.45) is 1.75. The molecule has 72 valence electrons. The van der Waals surface area contributed by atoms with Crippen molar-refractivity contribution in [3.8, 4) is 0 Å². The second kappa shape index (κ2) is 8.87. The average molecular weight is 191 g/mol. The fourth-order valence-electron chi connectivity index (χ4n) is 0.647. The molecule has 0 radical (unpaired) electrons. The summed E-state index contributed by atoms with van der Waals surface area (Å²) in [5.74, 6) is 1.47. The Bertz CT molecular complexity index is 120. The molecule has 0 saturated heterocycles. The van der Waals surface area contributed by atoms with Crippen molar-refractivity contribution in [3.63, 3.8) is 0 Å². The molecule has 3 nitrogen and oxygen atoms in total. The second-order valence-corrected chi connectivity index (χ2v) is 3.58. The number of carbonyl (C=O) groups is 1. The lowest BCUT2D eigenvalue weighted by atomic mass is 10.5. The molecule has 0 saturated carbocycles. The van der Waals surface area contributed by atoms with Gasteiger partial charge in [0.15, 0.2) is 0 Å². The zero-order chi connectivity index (χ0) is 9.23. The quantitative estimate of drug-likeness (QED) is 0.580. The molecule has 0 bridgehead atoms. The Labute approximate surface area is 77.9 Å². The maximum atomic E-state index is 11.0. The molecule has 0 heterocycles. The van der Waals surface area contributed by atoms with Crippen molar-refractivity contribution in [2.24, 2.45) is 0 Å². The SMILES string of the molecule is CCCNC(=O)CSCCCO. The molecule has 0 rings (SSSR count). The maximum absolute atomic E-state index is 11.0. The molecule has 12 heavy (non-hydrogen) atoms. The van der Waals surface area contributed by atoms with Crippen LogP contribution in [-0.2, 0) is 4.79 Å². The van der Waals surface area contributed by atoms with Crippen LogP contribution >= 0.6 is 11.8 Å². The van der Waals surface area contributed by atoms with Crippen LogP contribution in [0.2, 0.25) is 0 Å². The minimum atomic E-state index is 0.0970. The fourth-order valence-corrected chi connectivity index (χ4v) is 1.41. The number of carbonyl (C=O) groups excluding carboxylic acids is 1. The molecule has 0 fully saturated rings. The standard InChI is InChI=1S/C8H17NO2S/c1-2-4-9-8(11)7-12-6-3-5-10/h10H,2-7H2,1H3,(H,9,11). The van der Waals surface area contributed by atoms with Crippen LogP contribution in [0, 0.1) is 0 Å². The minimum Gasteiger partial charge on any atom is -0.396 e. The lowest BCUT2D eigenvalue weighted by molar-refractivity contribution is -0.118. The smallest absolute Gasteiger partial charge is 0.229 e. The van der Waals surface area contributed by atoms with Gasteiger partial charge in [0, 0.05) is 13.2 Å². The van der Waals surface area contributed by atoms with Crippen molar-refractivity contribution in [2.75, 3.05) is 24.7 Å². The topological polar surface area (TPSA) is 49.3 Å². The minimum absolute atomic E-state index is 0.0970. The molecule has 0 aromatic heterocycles. The number of rotatable bonds is 7. The number of hydrogen-bond acceptors (Lipinski definition) is 3. The van der Waals surface area contributed by atoms with Gasteiger partial charge in [-0.15, -0.1) is 0 Å². The fraction of sp³-hybridized carbons (Fsp3) is 0.875. The first kappa shape index (κ1) is 11.8. The summed E-state index contributed by atoms with van der Waals surface area (Å²) in [5.41, 5.74) is 0. The van der Waals surface area contributed by atoms with E-state index in [9.17, 15) is 4.79 Å². The van der Waals surface area contributed by atoms with E-state index in [-0.39, 0.29) is 12.5 Å². The molecule has 0 unspecified atom stereocenters. The molecule has 0 aliphatic carbocycles. The van der Waals surface area contributed by atoms with Crippen LogP contribution in [0.4, 0.5) is 0 Å². The van der Waals surface area contributed by atoms with E-state index in [1.807, 2.05) is 6.92 Å². The molecular weight excluding hydrogens is 174 g/mol. The molecule has 0 aliphatic rings. The Morgan fingerprint density at radius 3 is 2.92 bits per heavy atom. The van der Waals surface area contributed by atoms with Gasteiger partial charge in [0.2, 0.25) is 5.91 Å². The van der Waals surface area contributed by atoms with Gasteiger partial charge in [0.1, 0.15) is 0 Å². The van der Waals surface area contributed by atoms with E-state index in [4.69, 9.17) is 5.11 Å². The van der Waals surface area contributed by atoms with Crippen molar-refractivity contribution in [3.05, 3.63) is 0 Å². The summed E-state index contributed by atoms with van der Waals surface area (Å²) >= 11 is 1.56. The second-order valence-electron chi connectivity index (χ2n) is 2.48. The predicted molar refractivity (Wildman–Crippen MR) is 52.3 cm³/mol. The normalized spacial score (nSPS) is 9.83. The van der Waals surface area contributed by atoms with Crippen molar-refractivity contribution in [2.45, 2.75) is 19.8 Å². The van der Waals surface area contributed by atoms with Gasteiger partial charge in [0.25, 0.3) is 0 Å². The third kappa shape index (κ3) is 7.88. The molecule has 0 aromatic carbocycles. The lowest BCUT2D eigenvalue weighted by Crippen LogP contribution is -2.25. The van der Waals surface area contributed by atoms with Crippen molar-refractivity contribution in [1.29, 1.82) is 0 Å². The third-order valence-electron chi connectivity index (χ3n) is 1.25. The lowest BCUT2D eigenvalue weighted by Gasteiger charge is -2.02. The molecule has 4 heteroatoms. The number of aliphatic hydroxyl groups is 1. The van der Waals surface area contributed by atoms with E-state index in [0.29, 0.717) is 5.75 Å². The molecule has 0 atom stereocenters. The van der Waals surface area contributed by atoms with E-state index in [2.05, 4.69) is 5.32 Å². The monoisotopic (exact) mass is 191 g/mol. The van der Waals surface area contributed by atoms with E-state index in [1.165, 1.54) is 0 Å². The van der Waals surface area contributed by atoms with Crippen molar-refractivity contribution < 1.29 is 9.90 Å². The van der Waals surface area contributed by atoms with E-state index >= 15 is 0 Å². The Balaban J connectivity index is 3.08.